The molecule has 0 fully saturated rings. The van der Waals surface area contributed by atoms with Gasteiger partial charge in [-0.2, -0.15) is 0 Å². The van der Waals surface area contributed by atoms with Crippen LogP contribution in [0.3, 0.4) is 0 Å². The van der Waals surface area contributed by atoms with Gasteiger partial charge in [0, 0.05) is 22.1 Å². The lowest BCUT2D eigenvalue weighted by molar-refractivity contribution is -0.136. The molecule has 6 heteroatoms. The summed E-state index contributed by atoms with van der Waals surface area (Å²) in [6, 6.07) is 11.2. The average Bonchev–Trinajstić information content (AvgIpc) is 2.75. The Morgan fingerprint density at radius 1 is 1.25 bits per heavy atom. The summed E-state index contributed by atoms with van der Waals surface area (Å²) in [7, 11) is 0. The maximum atomic E-state index is 11.2. The van der Waals surface area contributed by atoms with Crippen molar-refractivity contribution in [2.45, 2.75) is 19.9 Å². The van der Waals surface area contributed by atoms with Gasteiger partial charge in [0.05, 0.1) is 17.0 Å². The maximum Gasteiger partial charge on any atom is 0.307 e. The smallest absolute Gasteiger partial charge is 0.307 e. The number of nitrogens with zero attached hydrogens (tertiary/aromatic N) is 1. The Morgan fingerprint density at radius 2 is 1.92 bits per heavy atom. The van der Waals surface area contributed by atoms with Crippen LogP contribution in [0.1, 0.15) is 16.8 Å². The van der Waals surface area contributed by atoms with Gasteiger partial charge >= 0.3 is 5.97 Å². The Hall–Kier alpha value is -1.98. The summed E-state index contributed by atoms with van der Waals surface area (Å²) >= 11 is 9.48. The topological polar surface area (TPSA) is 62.5 Å². The van der Waals surface area contributed by atoms with E-state index in [4.69, 9.17) is 11.6 Å². The fraction of sp³-hybridized carbons (Fsp3) is 0.167. The van der Waals surface area contributed by atoms with Crippen LogP contribution in [0.2, 0.25) is 5.02 Å². The van der Waals surface area contributed by atoms with Gasteiger partial charge in [0.25, 0.3) is 0 Å². The number of aromatic hydroxyl groups is 1. The molecule has 0 aliphatic rings. The zero-order valence-electron chi connectivity index (χ0n) is 12.9. The van der Waals surface area contributed by atoms with E-state index in [9.17, 15) is 15.0 Å². The van der Waals surface area contributed by atoms with Crippen LogP contribution < -0.4 is 0 Å². The quantitative estimate of drug-likeness (QED) is 0.655. The summed E-state index contributed by atoms with van der Waals surface area (Å²) in [4.78, 5) is 11.2. The third-order valence-corrected chi connectivity index (χ3v) is 4.94. The van der Waals surface area contributed by atoms with E-state index in [0.717, 1.165) is 21.2 Å². The number of fused-ring (bicyclic) bond motifs is 1. The van der Waals surface area contributed by atoms with E-state index in [1.807, 2.05) is 35.8 Å². The monoisotopic (exact) mass is 407 g/mol. The summed E-state index contributed by atoms with van der Waals surface area (Å²) < 4.78 is 3.03. The second kappa shape index (κ2) is 6.49. The number of phenols is 1. The van der Waals surface area contributed by atoms with Crippen LogP contribution in [0.15, 0.2) is 40.9 Å². The molecular weight excluding hydrogens is 394 g/mol. The summed E-state index contributed by atoms with van der Waals surface area (Å²) in [6.07, 6.45) is -0.100. The standard InChI is InChI=1S/C18H15BrClNO3/c1-10-13(7-18(23)24)14-6-17(22)15(20)8-16(14)21(10)9-11-2-4-12(19)5-3-11/h2-6,8,22H,7,9H2,1H3,(H,23,24). The SMILES string of the molecule is Cc1c(CC(=O)O)c2cc(O)c(Cl)cc2n1Cc1ccc(Br)cc1. The number of carboxylic acid groups (broad SMARTS) is 1. The van der Waals surface area contributed by atoms with Crippen molar-refractivity contribution >= 4 is 44.4 Å². The van der Waals surface area contributed by atoms with Crippen molar-refractivity contribution in [1.82, 2.24) is 4.57 Å². The molecule has 24 heavy (non-hydrogen) atoms. The van der Waals surface area contributed by atoms with Crippen molar-refractivity contribution in [3.8, 4) is 5.75 Å². The third-order valence-electron chi connectivity index (χ3n) is 4.10. The van der Waals surface area contributed by atoms with Gasteiger partial charge in [0.2, 0.25) is 0 Å². The largest absolute Gasteiger partial charge is 0.506 e. The molecule has 0 unspecified atom stereocenters. The minimum atomic E-state index is -0.907. The molecule has 0 saturated carbocycles. The first-order chi connectivity index (χ1) is 11.4. The summed E-state index contributed by atoms with van der Waals surface area (Å²) in [5, 5.41) is 20.1. The van der Waals surface area contributed by atoms with E-state index in [0.29, 0.717) is 17.5 Å². The van der Waals surface area contributed by atoms with Crippen LogP contribution in [-0.4, -0.2) is 20.7 Å². The van der Waals surface area contributed by atoms with Crippen LogP contribution in [0.5, 0.6) is 5.75 Å². The van der Waals surface area contributed by atoms with E-state index in [1.165, 1.54) is 0 Å². The lowest BCUT2D eigenvalue weighted by atomic mass is 10.1. The van der Waals surface area contributed by atoms with Crippen LogP contribution in [0.4, 0.5) is 0 Å². The van der Waals surface area contributed by atoms with Gasteiger partial charge in [-0.3, -0.25) is 4.79 Å². The fourth-order valence-electron chi connectivity index (χ4n) is 2.91. The van der Waals surface area contributed by atoms with Gasteiger partial charge in [-0.25, -0.2) is 0 Å². The van der Waals surface area contributed by atoms with Crippen molar-refractivity contribution in [3.63, 3.8) is 0 Å². The Balaban J connectivity index is 2.18. The second-order valence-corrected chi connectivity index (χ2v) is 6.99. The van der Waals surface area contributed by atoms with Gasteiger partial charge in [0.15, 0.2) is 0 Å². The van der Waals surface area contributed by atoms with Gasteiger partial charge in [-0.15, -0.1) is 0 Å². The molecule has 2 aromatic carbocycles. The van der Waals surface area contributed by atoms with E-state index < -0.39 is 5.97 Å². The number of halogens is 2. The molecule has 0 aliphatic carbocycles. The van der Waals surface area contributed by atoms with Crippen molar-refractivity contribution < 1.29 is 15.0 Å². The molecule has 2 N–H and O–H groups in total. The van der Waals surface area contributed by atoms with Crippen molar-refractivity contribution in [1.29, 1.82) is 0 Å². The Kier molecular flexibility index (Phi) is 4.56. The lowest BCUT2D eigenvalue weighted by Crippen LogP contribution is -2.05. The maximum absolute atomic E-state index is 11.2. The highest BCUT2D eigenvalue weighted by Crippen LogP contribution is 2.35. The van der Waals surface area contributed by atoms with Crippen LogP contribution in [0.25, 0.3) is 10.9 Å². The first-order valence-electron chi connectivity index (χ1n) is 7.33. The minimum Gasteiger partial charge on any atom is -0.506 e. The molecule has 0 saturated heterocycles. The van der Waals surface area contributed by atoms with Gasteiger partial charge < -0.3 is 14.8 Å². The zero-order chi connectivity index (χ0) is 17.4. The Morgan fingerprint density at radius 3 is 2.54 bits per heavy atom. The summed E-state index contributed by atoms with van der Waals surface area (Å²) in [5.41, 5.74) is 3.46. The lowest BCUT2D eigenvalue weighted by Gasteiger charge is -2.09. The Bertz CT molecular complexity index is 932. The number of aliphatic carboxylic acids is 1. The molecule has 1 heterocycles. The zero-order valence-corrected chi connectivity index (χ0v) is 15.2. The number of hydrogen-bond acceptors (Lipinski definition) is 2. The molecule has 3 rings (SSSR count). The van der Waals surface area contributed by atoms with Gasteiger partial charge in [-0.1, -0.05) is 39.7 Å². The van der Waals surface area contributed by atoms with Gasteiger partial charge in [-0.05, 0) is 42.3 Å². The third kappa shape index (κ3) is 3.14. The van der Waals surface area contributed by atoms with Crippen LogP contribution >= 0.6 is 27.5 Å². The second-order valence-electron chi connectivity index (χ2n) is 5.67. The number of aromatic nitrogens is 1. The summed E-state index contributed by atoms with van der Waals surface area (Å²) in [6.45, 7) is 2.48. The van der Waals surface area contributed by atoms with Crippen molar-refractivity contribution in [2.24, 2.45) is 0 Å². The first kappa shape index (κ1) is 16.9. The molecular formula is C18H15BrClNO3. The highest BCUT2D eigenvalue weighted by atomic mass is 79.9. The minimum absolute atomic E-state index is 0.0448. The Labute approximate surface area is 152 Å². The molecule has 3 aromatic rings. The summed E-state index contributed by atoms with van der Waals surface area (Å²) in [5.74, 6) is -0.952. The predicted octanol–water partition coefficient (Wildman–Crippen LogP) is 4.75. The highest BCUT2D eigenvalue weighted by Gasteiger charge is 2.18. The molecule has 0 atom stereocenters. The molecule has 4 nitrogen and oxygen atoms in total. The number of benzene rings is 2. The average molecular weight is 409 g/mol. The molecule has 0 spiro atoms. The van der Waals surface area contributed by atoms with Crippen molar-refractivity contribution in [2.75, 3.05) is 0 Å². The van der Waals surface area contributed by atoms with E-state index in [1.54, 1.807) is 12.1 Å². The number of phenolic OH excluding ortho intramolecular Hbond substituents is 1. The number of carboxylic acids is 1. The van der Waals surface area contributed by atoms with Crippen molar-refractivity contribution in [3.05, 3.63) is 62.7 Å². The predicted molar refractivity (Wildman–Crippen MR) is 97.9 cm³/mol. The normalized spacial score (nSPS) is 11.1. The molecule has 124 valence electrons. The molecule has 0 amide bonds. The molecule has 0 radical (unpaired) electrons. The van der Waals surface area contributed by atoms with E-state index in [-0.39, 0.29) is 17.2 Å². The first-order valence-corrected chi connectivity index (χ1v) is 8.50. The molecule has 0 bridgehead atoms. The fourth-order valence-corrected chi connectivity index (χ4v) is 3.33. The van der Waals surface area contributed by atoms with E-state index in [2.05, 4.69) is 15.9 Å². The highest BCUT2D eigenvalue weighted by molar-refractivity contribution is 9.10. The van der Waals surface area contributed by atoms with E-state index >= 15 is 0 Å². The number of carbonyl (C=O) groups is 1. The number of rotatable bonds is 4. The molecule has 0 aliphatic heterocycles. The molecule has 1 aromatic heterocycles. The number of hydrogen-bond donors (Lipinski definition) is 2. The van der Waals surface area contributed by atoms with Gasteiger partial charge in [0.1, 0.15) is 5.75 Å². The van der Waals surface area contributed by atoms with Crippen LogP contribution in [0, 0.1) is 6.92 Å². The van der Waals surface area contributed by atoms with Crippen LogP contribution in [-0.2, 0) is 17.8 Å².